The normalized spacial score (nSPS) is 10.7. The van der Waals surface area contributed by atoms with E-state index < -0.39 is 0 Å². The molecule has 0 amide bonds. The lowest BCUT2D eigenvalue weighted by Crippen LogP contribution is -2.09. The summed E-state index contributed by atoms with van der Waals surface area (Å²) in [6, 6.07) is 1.72. The van der Waals surface area contributed by atoms with Gasteiger partial charge in [-0.1, -0.05) is 11.6 Å². The molecule has 0 aliphatic rings. The predicted molar refractivity (Wildman–Crippen MR) is 65.4 cm³/mol. The molecule has 5 heteroatoms. The van der Waals surface area contributed by atoms with Crippen LogP contribution in [0.25, 0.3) is 0 Å². The molecule has 0 radical (unpaired) electrons. The van der Waals surface area contributed by atoms with Gasteiger partial charge in [0, 0.05) is 12.7 Å². The number of aromatic nitrogens is 2. The van der Waals surface area contributed by atoms with Crippen LogP contribution in [-0.4, -0.2) is 15.6 Å². The Morgan fingerprint density at radius 1 is 1.62 bits per heavy atom. The molecule has 0 saturated carbocycles. The maximum absolute atomic E-state index is 12.2. The first-order valence-electron chi connectivity index (χ1n) is 4.95. The highest BCUT2D eigenvalue weighted by Gasteiger charge is 2.19. The van der Waals surface area contributed by atoms with Crippen molar-refractivity contribution in [2.45, 2.75) is 20.4 Å². The van der Waals surface area contributed by atoms with E-state index in [1.807, 2.05) is 19.2 Å². The third-order valence-electron chi connectivity index (χ3n) is 2.35. The van der Waals surface area contributed by atoms with E-state index in [1.54, 1.807) is 16.9 Å². The Morgan fingerprint density at radius 3 is 2.94 bits per heavy atom. The quantitative estimate of drug-likeness (QED) is 0.789. The van der Waals surface area contributed by atoms with E-state index in [0.717, 1.165) is 5.56 Å². The average molecular weight is 255 g/mol. The van der Waals surface area contributed by atoms with Gasteiger partial charge >= 0.3 is 0 Å². The minimum Gasteiger partial charge on any atom is -0.286 e. The van der Waals surface area contributed by atoms with E-state index >= 15 is 0 Å². The molecule has 0 aliphatic heterocycles. The topological polar surface area (TPSA) is 34.9 Å². The number of ketones is 1. The predicted octanol–water partition coefficient (Wildman–Crippen LogP) is 3.16. The summed E-state index contributed by atoms with van der Waals surface area (Å²) in [5.41, 5.74) is 1.53. The molecule has 0 aromatic carbocycles. The van der Waals surface area contributed by atoms with Crippen molar-refractivity contribution in [1.82, 2.24) is 9.78 Å². The molecular formula is C11H11ClN2OS. The summed E-state index contributed by atoms with van der Waals surface area (Å²) in [4.78, 5) is 12.8. The Balaban J connectivity index is 2.43. The van der Waals surface area contributed by atoms with E-state index in [-0.39, 0.29) is 5.78 Å². The molecule has 0 saturated heterocycles. The first-order valence-corrected chi connectivity index (χ1v) is 6.21. The van der Waals surface area contributed by atoms with Gasteiger partial charge < -0.3 is 0 Å². The van der Waals surface area contributed by atoms with Crippen molar-refractivity contribution in [2.75, 3.05) is 0 Å². The summed E-state index contributed by atoms with van der Waals surface area (Å²) in [6.45, 7) is 4.52. The number of halogens is 1. The first-order chi connectivity index (χ1) is 7.65. The third-order valence-corrected chi connectivity index (χ3v) is 4.05. The second kappa shape index (κ2) is 4.39. The van der Waals surface area contributed by atoms with Gasteiger partial charge in [0.25, 0.3) is 0 Å². The lowest BCUT2D eigenvalue weighted by Gasteiger charge is -2.02. The van der Waals surface area contributed by atoms with Crippen LogP contribution in [0.15, 0.2) is 17.6 Å². The van der Waals surface area contributed by atoms with Crippen LogP contribution in [-0.2, 0) is 6.54 Å². The second-order valence-electron chi connectivity index (χ2n) is 3.42. The summed E-state index contributed by atoms with van der Waals surface area (Å²) in [5, 5.41) is 6.52. The highest BCUT2D eigenvalue weighted by atomic mass is 35.5. The van der Waals surface area contributed by atoms with Crippen molar-refractivity contribution < 1.29 is 4.79 Å². The number of hydrogen-bond donors (Lipinski definition) is 0. The van der Waals surface area contributed by atoms with E-state index in [2.05, 4.69) is 5.10 Å². The van der Waals surface area contributed by atoms with Crippen LogP contribution in [0.3, 0.4) is 0 Å². The maximum Gasteiger partial charge on any atom is 0.222 e. The third kappa shape index (κ3) is 1.79. The van der Waals surface area contributed by atoms with Gasteiger partial charge in [-0.3, -0.25) is 9.48 Å². The van der Waals surface area contributed by atoms with Gasteiger partial charge in [0.15, 0.2) is 0 Å². The van der Waals surface area contributed by atoms with Crippen LogP contribution < -0.4 is 0 Å². The molecule has 84 valence electrons. The SMILES string of the molecule is CCn1nccc1C(=O)c1scc(C)c1Cl. The summed E-state index contributed by atoms with van der Waals surface area (Å²) in [7, 11) is 0. The van der Waals surface area contributed by atoms with Crippen molar-refractivity contribution in [2.24, 2.45) is 0 Å². The molecule has 2 heterocycles. The van der Waals surface area contributed by atoms with Gasteiger partial charge in [-0.2, -0.15) is 5.10 Å². The van der Waals surface area contributed by atoms with Crippen molar-refractivity contribution in [3.63, 3.8) is 0 Å². The lowest BCUT2D eigenvalue weighted by atomic mass is 10.2. The minimum atomic E-state index is -0.0533. The van der Waals surface area contributed by atoms with Crippen LogP contribution in [0.2, 0.25) is 5.02 Å². The Labute approximate surface area is 103 Å². The molecule has 0 bridgehead atoms. The number of nitrogens with zero attached hydrogens (tertiary/aromatic N) is 2. The fourth-order valence-electron chi connectivity index (χ4n) is 1.48. The largest absolute Gasteiger partial charge is 0.286 e. The highest BCUT2D eigenvalue weighted by Crippen LogP contribution is 2.29. The molecule has 2 rings (SSSR count). The zero-order chi connectivity index (χ0) is 11.7. The van der Waals surface area contributed by atoms with Crippen LogP contribution in [0.4, 0.5) is 0 Å². The number of thiophene rings is 1. The summed E-state index contributed by atoms with van der Waals surface area (Å²) in [5.74, 6) is -0.0533. The van der Waals surface area contributed by atoms with Gasteiger partial charge in [0.2, 0.25) is 5.78 Å². The van der Waals surface area contributed by atoms with Gasteiger partial charge in [-0.25, -0.2) is 0 Å². The number of hydrogen-bond acceptors (Lipinski definition) is 3. The van der Waals surface area contributed by atoms with E-state index in [4.69, 9.17) is 11.6 Å². The number of rotatable bonds is 3. The van der Waals surface area contributed by atoms with Crippen LogP contribution in [0.1, 0.15) is 27.9 Å². The Kier molecular flexibility index (Phi) is 3.12. The van der Waals surface area contributed by atoms with Crippen molar-refractivity contribution in [1.29, 1.82) is 0 Å². The molecule has 0 atom stereocenters. The molecule has 0 fully saturated rings. The smallest absolute Gasteiger partial charge is 0.222 e. The molecule has 2 aromatic heterocycles. The molecule has 16 heavy (non-hydrogen) atoms. The van der Waals surface area contributed by atoms with Crippen molar-refractivity contribution >= 4 is 28.7 Å². The van der Waals surface area contributed by atoms with E-state index in [1.165, 1.54) is 11.3 Å². The van der Waals surface area contributed by atoms with Crippen LogP contribution in [0.5, 0.6) is 0 Å². The number of carbonyl (C=O) groups is 1. The Hall–Kier alpha value is -1.13. The molecular weight excluding hydrogens is 244 g/mol. The summed E-state index contributed by atoms with van der Waals surface area (Å²) < 4.78 is 1.67. The zero-order valence-corrected chi connectivity index (χ0v) is 10.6. The number of carbonyl (C=O) groups excluding carboxylic acids is 1. The van der Waals surface area contributed by atoms with Crippen molar-refractivity contribution in [3.8, 4) is 0 Å². The fraction of sp³-hybridized carbons (Fsp3) is 0.273. The maximum atomic E-state index is 12.2. The highest BCUT2D eigenvalue weighted by molar-refractivity contribution is 7.13. The minimum absolute atomic E-state index is 0.0533. The lowest BCUT2D eigenvalue weighted by molar-refractivity contribution is 0.103. The zero-order valence-electron chi connectivity index (χ0n) is 9.03. The molecule has 0 N–H and O–H groups in total. The summed E-state index contributed by atoms with van der Waals surface area (Å²) in [6.07, 6.45) is 1.63. The Bertz CT molecular complexity index is 530. The Morgan fingerprint density at radius 2 is 2.38 bits per heavy atom. The van der Waals surface area contributed by atoms with Crippen LogP contribution >= 0.6 is 22.9 Å². The average Bonchev–Trinajstić information content (AvgIpc) is 2.86. The van der Waals surface area contributed by atoms with Crippen LogP contribution in [0, 0.1) is 6.92 Å². The fourth-order valence-corrected chi connectivity index (χ4v) is 2.70. The molecule has 0 aliphatic carbocycles. The van der Waals surface area contributed by atoms with E-state index in [0.29, 0.717) is 22.1 Å². The second-order valence-corrected chi connectivity index (χ2v) is 4.68. The van der Waals surface area contributed by atoms with Gasteiger partial charge in [-0.05, 0) is 30.9 Å². The van der Waals surface area contributed by atoms with Gasteiger partial charge in [-0.15, -0.1) is 11.3 Å². The summed E-state index contributed by atoms with van der Waals surface area (Å²) >= 11 is 7.46. The first kappa shape index (κ1) is 11.4. The molecule has 0 spiro atoms. The molecule has 0 unspecified atom stereocenters. The van der Waals surface area contributed by atoms with Gasteiger partial charge in [0.05, 0.1) is 9.90 Å². The van der Waals surface area contributed by atoms with Crippen molar-refractivity contribution in [3.05, 3.63) is 38.8 Å². The van der Waals surface area contributed by atoms with Gasteiger partial charge in [0.1, 0.15) is 5.69 Å². The standard InChI is InChI=1S/C11H11ClN2OS/c1-3-14-8(4-5-13-14)10(15)11-9(12)7(2)6-16-11/h4-6H,3H2,1-2H3. The van der Waals surface area contributed by atoms with E-state index in [9.17, 15) is 4.79 Å². The molecule has 2 aromatic rings. The monoisotopic (exact) mass is 254 g/mol. The molecule has 3 nitrogen and oxygen atoms in total. The number of aryl methyl sites for hydroxylation is 2.